The molecule has 2 heterocycles. The van der Waals surface area contributed by atoms with E-state index in [0.717, 1.165) is 22.0 Å². The molecule has 1 aliphatic carbocycles. The maximum absolute atomic E-state index is 12.1. The molecule has 0 bridgehead atoms. The highest BCUT2D eigenvalue weighted by Crippen LogP contribution is 2.41. The number of benzene rings is 2. The van der Waals surface area contributed by atoms with E-state index >= 15 is 0 Å². The van der Waals surface area contributed by atoms with Gasteiger partial charge in [0.15, 0.2) is 24.5 Å². The number of esters is 3. The lowest BCUT2D eigenvalue weighted by molar-refractivity contribution is -0.239. The van der Waals surface area contributed by atoms with Crippen LogP contribution in [-0.4, -0.2) is 47.4 Å². The molecule has 9 heteroatoms. The number of fused-ring (bicyclic) bond motifs is 1. The third kappa shape index (κ3) is 5.56. The molecule has 200 valence electrons. The van der Waals surface area contributed by atoms with Gasteiger partial charge in [-0.1, -0.05) is 41.9 Å². The third-order valence-corrected chi connectivity index (χ3v) is 7.22. The molecule has 0 radical (unpaired) electrons. The fourth-order valence-corrected chi connectivity index (χ4v) is 5.49. The highest BCUT2D eigenvalue weighted by Gasteiger charge is 2.48. The summed E-state index contributed by atoms with van der Waals surface area (Å²) in [7, 11) is 0. The van der Waals surface area contributed by atoms with Crippen LogP contribution >= 0.6 is 11.6 Å². The Morgan fingerprint density at radius 1 is 0.921 bits per heavy atom. The maximum Gasteiger partial charge on any atom is 0.303 e. The van der Waals surface area contributed by atoms with Crippen molar-refractivity contribution in [3.63, 3.8) is 0 Å². The molecule has 0 spiro atoms. The second-order valence-corrected chi connectivity index (χ2v) is 10.3. The number of nitrogens with zero attached hydrogens (tertiary/aromatic N) is 1. The molecule has 1 aliphatic heterocycles. The van der Waals surface area contributed by atoms with Crippen LogP contribution in [0.3, 0.4) is 0 Å². The van der Waals surface area contributed by atoms with Gasteiger partial charge < -0.3 is 23.5 Å². The topological polar surface area (TPSA) is 93.1 Å². The number of hydrogen-bond donors (Lipinski definition) is 0. The summed E-state index contributed by atoms with van der Waals surface area (Å²) >= 11 is 6.69. The smallest absolute Gasteiger partial charge is 0.303 e. The van der Waals surface area contributed by atoms with Crippen molar-refractivity contribution in [1.82, 2.24) is 4.57 Å². The van der Waals surface area contributed by atoms with Crippen LogP contribution in [0.25, 0.3) is 10.9 Å². The average Bonchev–Trinajstić information content (AvgIpc) is 3.63. The first-order chi connectivity index (χ1) is 18.2. The second-order valence-electron chi connectivity index (χ2n) is 9.91. The Labute approximate surface area is 225 Å². The molecule has 4 atom stereocenters. The summed E-state index contributed by atoms with van der Waals surface area (Å²) in [5.74, 6) is -1.07. The number of carbonyl (C=O) groups excluding carboxylic acids is 3. The number of carbonyl (C=O) groups is 3. The Bertz CT molecular complexity index is 1360. The molecule has 2 aromatic carbocycles. The molecule has 1 saturated heterocycles. The van der Waals surface area contributed by atoms with E-state index in [9.17, 15) is 14.4 Å². The third-order valence-electron chi connectivity index (χ3n) is 6.91. The Balaban J connectivity index is 1.54. The summed E-state index contributed by atoms with van der Waals surface area (Å²) < 4.78 is 24.5. The number of ether oxygens (including phenoxy) is 4. The lowest BCUT2D eigenvalue weighted by atomic mass is 10.0. The molecular formula is C29H30ClNO7. The molecule has 1 saturated carbocycles. The van der Waals surface area contributed by atoms with Crippen LogP contribution in [-0.2, 0) is 39.8 Å². The Hall–Kier alpha value is -3.36. The summed E-state index contributed by atoms with van der Waals surface area (Å²) in [5, 5.41) is 1.44. The van der Waals surface area contributed by atoms with E-state index in [2.05, 4.69) is 24.3 Å². The molecule has 0 amide bonds. The van der Waals surface area contributed by atoms with Gasteiger partial charge in [0.1, 0.15) is 0 Å². The minimum Gasteiger partial charge on any atom is -0.456 e. The highest BCUT2D eigenvalue weighted by atomic mass is 35.5. The van der Waals surface area contributed by atoms with Crippen molar-refractivity contribution in [2.75, 3.05) is 6.61 Å². The van der Waals surface area contributed by atoms with Gasteiger partial charge in [0.25, 0.3) is 0 Å². The quantitative estimate of drug-likeness (QED) is 0.305. The zero-order chi connectivity index (χ0) is 27.0. The lowest BCUT2D eigenvalue weighted by Crippen LogP contribution is -2.55. The van der Waals surface area contributed by atoms with Gasteiger partial charge in [-0.25, -0.2) is 0 Å². The second kappa shape index (κ2) is 10.8. The predicted octanol–water partition coefficient (Wildman–Crippen LogP) is 5.09. The van der Waals surface area contributed by atoms with Crippen LogP contribution in [0.15, 0.2) is 48.7 Å². The van der Waals surface area contributed by atoms with Crippen LogP contribution in [0.4, 0.5) is 0 Å². The normalized spacial score (nSPS) is 23.2. The fourth-order valence-electron chi connectivity index (χ4n) is 5.20. The van der Waals surface area contributed by atoms with E-state index in [-0.39, 0.29) is 6.61 Å². The molecule has 0 unspecified atom stereocenters. The first kappa shape index (κ1) is 26.3. The van der Waals surface area contributed by atoms with E-state index in [1.54, 1.807) is 0 Å². The molecule has 1 aromatic heterocycles. The SMILES string of the molecule is CC(=O)O[C@@H]1[C@@H](OC(C)=O)[C@H](OC(C)=O)CO[C@H]1n1cc(Cc2ccc(C3CC3)cc2)c2c(Cl)cccc21. The predicted molar refractivity (Wildman–Crippen MR) is 140 cm³/mol. The summed E-state index contributed by atoms with van der Waals surface area (Å²) in [4.78, 5) is 35.8. The molecule has 8 nitrogen and oxygen atoms in total. The summed E-state index contributed by atoms with van der Waals surface area (Å²) in [5.41, 5.74) is 4.26. The van der Waals surface area contributed by atoms with Gasteiger partial charge >= 0.3 is 17.9 Å². The van der Waals surface area contributed by atoms with E-state index < -0.39 is 42.4 Å². The van der Waals surface area contributed by atoms with Gasteiger partial charge in [0.2, 0.25) is 0 Å². The zero-order valence-electron chi connectivity index (χ0n) is 21.5. The molecular weight excluding hydrogens is 510 g/mol. The Morgan fingerprint density at radius 2 is 1.58 bits per heavy atom. The van der Waals surface area contributed by atoms with Crippen molar-refractivity contribution in [1.29, 1.82) is 0 Å². The van der Waals surface area contributed by atoms with E-state index in [0.29, 0.717) is 17.4 Å². The van der Waals surface area contributed by atoms with Crippen LogP contribution in [0.1, 0.15) is 62.4 Å². The maximum atomic E-state index is 12.1. The van der Waals surface area contributed by atoms with Gasteiger partial charge in [-0.2, -0.15) is 0 Å². The van der Waals surface area contributed by atoms with Crippen LogP contribution in [0, 0.1) is 0 Å². The minimum atomic E-state index is -1.07. The van der Waals surface area contributed by atoms with E-state index in [1.165, 1.54) is 39.2 Å². The number of rotatable bonds is 7. The van der Waals surface area contributed by atoms with Crippen molar-refractivity contribution in [2.45, 2.75) is 70.5 Å². The van der Waals surface area contributed by atoms with Crippen molar-refractivity contribution in [3.05, 3.63) is 70.4 Å². The van der Waals surface area contributed by atoms with Crippen molar-refractivity contribution >= 4 is 40.4 Å². The van der Waals surface area contributed by atoms with E-state index in [4.69, 9.17) is 30.5 Å². The Morgan fingerprint density at radius 3 is 2.21 bits per heavy atom. The van der Waals surface area contributed by atoms with Gasteiger partial charge in [0.05, 0.1) is 17.1 Å². The highest BCUT2D eigenvalue weighted by molar-refractivity contribution is 6.35. The molecule has 0 N–H and O–H groups in total. The van der Waals surface area contributed by atoms with Crippen LogP contribution in [0.2, 0.25) is 5.02 Å². The fraction of sp³-hybridized carbons (Fsp3) is 0.414. The zero-order valence-corrected chi connectivity index (χ0v) is 22.3. The molecule has 2 fully saturated rings. The standard InChI is InChI=1S/C29H30ClNO7/c1-16(32)36-25-15-35-29(28(38-18(3)34)27(25)37-17(2)33)31-14-22(26-23(30)5-4-6-24(26)31)13-19-7-9-20(10-8-19)21-11-12-21/h4-10,14,21,25,27-29H,11-13,15H2,1-3H3/t25-,27+,28-,29-/m1/s1. The number of aromatic nitrogens is 1. The largest absolute Gasteiger partial charge is 0.456 e. The summed E-state index contributed by atoms with van der Waals surface area (Å²) in [6.07, 6.45) is 1.13. The molecule has 2 aliphatic rings. The van der Waals surface area contributed by atoms with Crippen molar-refractivity contribution in [3.8, 4) is 0 Å². The minimum absolute atomic E-state index is 0.0574. The van der Waals surface area contributed by atoms with Crippen molar-refractivity contribution < 1.29 is 33.3 Å². The first-order valence-corrected chi connectivity index (χ1v) is 13.1. The number of halogens is 1. The van der Waals surface area contributed by atoms with E-state index in [1.807, 2.05) is 29.0 Å². The average molecular weight is 540 g/mol. The van der Waals surface area contributed by atoms with Gasteiger partial charge in [-0.05, 0) is 54.0 Å². The summed E-state index contributed by atoms with van der Waals surface area (Å²) in [6, 6.07) is 14.2. The molecule has 38 heavy (non-hydrogen) atoms. The summed E-state index contributed by atoms with van der Waals surface area (Å²) in [6.45, 7) is 3.71. The number of hydrogen-bond acceptors (Lipinski definition) is 7. The lowest BCUT2D eigenvalue weighted by Gasteiger charge is -2.41. The van der Waals surface area contributed by atoms with Gasteiger partial charge in [-0.15, -0.1) is 0 Å². The van der Waals surface area contributed by atoms with Crippen LogP contribution in [0.5, 0.6) is 0 Å². The van der Waals surface area contributed by atoms with Crippen LogP contribution < -0.4 is 0 Å². The molecule has 5 rings (SSSR count). The van der Waals surface area contributed by atoms with Gasteiger partial charge in [-0.3, -0.25) is 14.4 Å². The van der Waals surface area contributed by atoms with Gasteiger partial charge in [0, 0.05) is 32.4 Å². The monoisotopic (exact) mass is 539 g/mol. The Kier molecular flexibility index (Phi) is 7.45. The van der Waals surface area contributed by atoms with Crippen molar-refractivity contribution in [2.24, 2.45) is 0 Å². The first-order valence-electron chi connectivity index (χ1n) is 12.7. The molecule has 3 aromatic rings.